The molecule has 0 spiro atoms. The third kappa shape index (κ3) is 1.76. The van der Waals surface area contributed by atoms with Gasteiger partial charge in [0.15, 0.2) is 0 Å². The van der Waals surface area contributed by atoms with Crippen LogP contribution in [0.25, 0.3) is 0 Å². The molecular weight excluding hydrogens is 178 g/mol. The van der Waals surface area contributed by atoms with Gasteiger partial charge in [-0.2, -0.15) is 0 Å². The van der Waals surface area contributed by atoms with Crippen LogP contribution in [0.4, 0.5) is 0 Å². The average molecular weight is 191 g/mol. The summed E-state index contributed by atoms with van der Waals surface area (Å²) in [5.74, 6) is -0.831. The van der Waals surface area contributed by atoms with E-state index in [2.05, 4.69) is 4.98 Å². The number of pyridine rings is 1. The van der Waals surface area contributed by atoms with E-state index in [1.54, 1.807) is 6.20 Å². The molecule has 0 amide bonds. The van der Waals surface area contributed by atoms with Crippen LogP contribution in [0.15, 0.2) is 18.3 Å². The lowest BCUT2D eigenvalue weighted by molar-refractivity contribution is -0.139. The van der Waals surface area contributed by atoms with E-state index < -0.39 is 11.9 Å². The summed E-state index contributed by atoms with van der Waals surface area (Å²) in [6, 6.07) is 3.76. The van der Waals surface area contributed by atoms with Gasteiger partial charge in [0.2, 0.25) is 0 Å². The molecule has 3 nitrogen and oxygen atoms in total. The van der Waals surface area contributed by atoms with Crippen LogP contribution < -0.4 is 0 Å². The quantitative estimate of drug-likeness (QED) is 0.794. The molecule has 1 N–H and O–H groups in total. The van der Waals surface area contributed by atoms with Gasteiger partial charge in [-0.1, -0.05) is 0 Å². The first-order valence-electron chi connectivity index (χ1n) is 4.84. The fraction of sp³-hybridized carbons (Fsp3) is 0.455. The Hall–Kier alpha value is -1.38. The van der Waals surface area contributed by atoms with E-state index in [1.165, 1.54) is 0 Å². The highest BCUT2D eigenvalue weighted by molar-refractivity contribution is 5.76. The van der Waals surface area contributed by atoms with E-state index in [9.17, 15) is 4.79 Å². The third-order valence-electron chi connectivity index (χ3n) is 2.61. The van der Waals surface area contributed by atoms with Crippen molar-refractivity contribution >= 4 is 5.97 Å². The number of rotatable bonds is 3. The monoisotopic (exact) mass is 191 g/mol. The van der Waals surface area contributed by atoms with Gasteiger partial charge < -0.3 is 5.11 Å². The number of hydrogen-bond acceptors (Lipinski definition) is 2. The summed E-state index contributed by atoms with van der Waals surface area (Å²) in [5.41, 5.74) is 1.78. The van der Waals surface area contributed by atoms with Crippen molar-refractivity contribution in [3.05, 3.63) is 29.6 Å². The smallest absolute Gasteiger partial charge is 0.312 e. The maximum Gasteiger partial charge on any atom is 0.312 e. The van der Waals surface area contributed by atoms with Crippen LogP contribution in [0.1, 0.15) is 30.0 Å². The van der Waals surface area contributed by atoms with Crippen molar-refractivity contribution in [3.63, 3.8) is 0 Å². The van der Waals surface area contributed by atoms with Crippen LogP contribution in [-0.4, -0.2) is 16.1 Å². The van der Waals surface area contributed by atoms with Gasteiger partial charge in [-0.3, -0.25) is 9.78 Å². The van der Waals surface area contributed by atoms with Gasteiger partial charge in [0.25, 0.3) is 0 Å². The zero-order valence-corrected chi connectivity index (χ0v) is 8.10. The Morgan fingerprint density at radius 1 is 1.64 bits per heavy atom. The molecule has 2 rings (SSSR count). The molecule has 1 aliphatic carbocycles. The molecule has 14 heavy (non-hydrogen) atoms. The number of aromatic nitrogens is 1. The molecule has 0 radical (unpaired) electrons. The van der Waals surface area contributed by atoms with Crippen LogP contribution in [0.3, 0.4) is 0 Å². The predicted octanol–water partition coefficient (Wildman–Crippen LogP) is 1.97. The lowest BCUT2D eigenvalue weighted by atomic mass is 9.98. The van der Waals surface area contributed by atoms with Crippen LogP contribution in [-0.2, 0) is 4.79 Å². The molecule has 1 aliphatic rings. The van der Waals surface area contributed by atoms with Crippen LogP contribution in [0, 0.1) is 12.8 Å². The molecule has 1 saturated carbocycles. The van der Waals surface area contributed by atoms with Gasteiger partial charge in [0.1, 0.15) is 5.92 Å². The van der Waals surface area contributed by atoms with Crippen molar-refractivity contribution in [2.45, 2.75) is 25.7 Å². The lowest BCUT2D eigenvalue weighted by Gasteiger charge is -2.10. The Bertz CT molecular complexity index is 358. The number of nitrogens with zero attached hydrogens (tertiary/aromatic N) is 1. The highest BCUT2D eigenvalue weighted by Crippen LogP contribution is 2.42. The summed E-state index contributed by atoms with van der Waals surface area (Å²) in [5, 5.41) is 9.09. The lowest BCUT2D eigenvalue weighted by Crippen LogP contribution is -2.15. The zero-order chi connectivity index (χ0) is 10.1. The van der Waals surface area contributed by atoms with E-state index in [0.717, 1.165) is 18.4 Å². The molecule has 1 atom stereocenters. The summed E-state index contributed by atoms with van der Waals surface area (Å²) in [7, 11) is 0. The number of aliphatic carboxylic acids is 1. The predicted molar refractivity (Wildman–Crippen MR) is 52.1 cm³/mol. The van der Waals surface area contributed by atoms with Crippen LogP contribution in [0.5, 0.6) is 0 Å². The first-order chi connectivity index (χ1) is 6.68. The first-order valence-corrected chi connectivity index (χ1v) is 4.84. The summed E-state index contributed by atoms with van der Waals surface area (Å²) in [6.07, 6.45) is 3.72. The van der Waals surface area contributed by atoms with Gasteiger partial charge >= 0.3 is 5.97 Å². The molecule has 0 bridgehead atoms. The average Bonchev–Trinajstić information content (AvgIpc) is 2.88. The number of aryl methyl sites for hydroxylation is 1. The second-order valence-corrected chi connectivity index (χ2v) is 3.91. The third-order valence-corrected chi connectivity index (χ3v) is 2.61. The standard InChI is InChI=1S/C11H13NO2/c1-7-4-5-12-9(6-7)10(11(13)14)8-2-3-8/h4-6,8,10H,2-3H2,1H3,(H,13,14). The fourth-order valence-corrected chi connectivity index (χ4v) is 1.73. The Labute approximate surface area is 82.8 Å². The van der Waals surface area contributed by atoms with Gasteiger partial charge in [0.05, 0.1) is 5.69 Å². The molecule has 1 unspecified atom stereocenters. The van der Waals surface area contributed by atoms with Crippen molar-refractivity contribution in [2.75, 3.05) is 0 Å². The van der Waals surface area contributed by atoms with Crippen molar-refractivity contribution in [1.82, 2.24) is 4.98 Å². The summed E-state index contributed by atoms with van der Waals surface area (Å²) >= 11 is 0. The normalized spacial score (nSPS) is 17.8. The minimum atomic E-state index is -0.745. The Morgan fingerprint density at radius 3 is 2.86 bits per heavy atom. The van der Waals surface area contributed by atoms with E-state index in [1.807, 2.05) is 19.1 Å². The summed E-state index contributed by atoms with van der Waals surface area (Å²) in [6.45, 7) is 1.96. The number of hydrogen-bond donors (Lipinski definition) is 1. The number of carboxylic acid groups (broad SMARTS) is 1. The second kappa shape index (κ2) is 3.40. The van der Waals surface area contributed by atoms with E-state index >= 15 is 0 Å². The Morgan fingerprint density at radius 2 is 2.36 bits per heavy atom. The zero-order valence-electron chi connectivity index (χ0n) is 8.10. The van der Waals surface area contributed by atoms with Crippen LogP contribution >= 0.6 is 0 Å². The first kappa shape index (κ1) is 9.19. The highest BCUT2D eigenvalue weighted by Gasteiger charge is 2.38. The fourth-order valence-electron chi connectivity index (χ4n) is 1.73. The maximum atomic E-state index is 11.1. The van der Waals surface area contributed by atoms with Gasteiger partial charge in [-0.05, 0) is 43.4 Å². The minimum Gasteiger partial charge on any atom is -0.481 e. The van der Waals surface area contributed by atoms with Crippen molar-refractivity contribution in [2.24, 2.45) is 5.92 Å². The number of carboxylic acids is 1. The topological polar surface area (TPSA) is 50.2 Å². The second-order valence-electron chi connectivity index (χ2n) is 3.91. The van der Waals surface area contributed by atoms with E-state index in [4.69, 9.17) is 5.11 Å². The molecule has 0 aromatic carbocycles. The summed E-state index contributed by atoms with van der Waals surface area (Å²) < 4.78 is 0. The molecular formula is C11H13NO2. The van der Waals surface area contributed by atoms with Gasteiger partial charge in [-0.25, -0.2) is 0 Å². The Balaban J connectivity index is 2.30. The van der Waals surface area contributed by atoms with Gasteiger partial charge in [0, 0.05) is 6.20 Å². The van der Waals surface area contributed by atoms with Crippen LogP contribution in [0.2, 0.25) is 0 Å². The molecule has 3 heteroatoms. The van der Waals surface area contributed by atoms with Crippen molar-refractivity contribution in [3.8, 4) is 0 Å². The minimum absolute atomic E-state index is 0.307. The molecule has 0 saturated heterocycles. The molecule has 1 aromatic heterocycles. The highest BCUT2D eigenvalue weighted by atomic mass is 16.4. The van der Waals surface area contributed by atoms with E-state index in [0.29, 0.717) is 11.6 Å². The SMILES string of the molecule is Cc1ccnc(C(C(=O)O)C2CC2)c1. The van der Waals surface area contributed by atoms with Gasteiger partial charge in [-0.15, -0.1) is 0 Å². The Kier molecular flexibility index (Phi) is 2.23. The number of carbonyl (C=O) groups is 1. The largest absolute Gasteiger partial charge is 0.481 e. The van der Waals surface area contributed by atoms with Crippen molar-refractivity contribution in [1.29, 1.82) is 0 Å². The molecule has 1 heterocycles. The summed E-state index contributed by atoms with van der Waals surface area (Å²) in [4.78, 5) is 15.2. The van der Waals surface area contributed by atoms with E-state index in [-0.39, 0.29) is 0 Å². The molecule has 1 fully saturated rings. The molecule has 0 aliphatic heterocycles. The maximum absolute atomic E-state index is 11.1. The molecule has 1 aromatic rings. The molecule has 74 valence electrons. The van der Waals surface area contributed by atoms with Crippen molar-refractivity contribution < 1.29 is 9.90 Å².